The van der Waals surface area contributed by atoms with Gasteiger partial charge in [-0.15, -0.1) is 0 Å². The molecule has 0 saturated heterocycles. The quantitative estimate of drug-likeness (QED) is 0.734. The highest BCUT2D eigenvalue weighted by molar-refractivity contribution is 7.90. The number of ether oxygens (including phenoxy) is 2. The van der Waals surface area contributed by atoms with Crippen molar-refractivity contribution in [1.82, 2.24) is 9.88 Å². The maximum Gasteiger partial charge on any atom is 0.417 e. The van der Waals surface area contributed by atoms with Gasteiger partial charge in [-0.1, -0.05) is 12.1 Å². The van der Waals surface area contributed by atoms with Gasteiger partial charge in [-0.2, -0.15) is 0 Å². The van der Waals surface area contributed by atoms with Gasteiger partial charge in [-0.3, -0.25) is 9.78 Å². The molecule has 0 spiro atoms. The van der Waals surface area contributed by atoms with Crippen LogP contribution in [0.15, 0.2) is 35.2 Å². The number of carbonyl (C=O) groups is 2. The Morgan fingerprint density at radius 2 is 1.90 bits per heavy atom. The topological polar surface area (TPSA) is 103 Å². The van der Waals surface area contributed by atoms with E-state index in [1.807, 2.05) is 0 Å². The van der Waals surface area contributed by atoms with Crippen molar-refractivity contribution in [3.63, 3.8) is 0 Å². The minimum Gasteiger partial charge on any atom is -0.497 e. The van der Waals surface area contributed by atoms with E-state index in [0.29, 0.717) is 22.7 Å². The highest BCUT2D eigenvalue weighted by Crippen LogP contribution is 2.31. The second-order valence-electron chi connectivity index (χ2n) is 8.02. The number of pyridine rings is 1. The van der Waals surface area contributed by atoms with Gasteiger partial charge >= 0.3 is 6.09 Å². The van der Waals surface area contributed by atoms with Crippen LogP contribution in [0.3, 0.4) is 0 Å². The van der Waals surface area contributed by atoms with E-state index in [1.54, 1.807) is 45.0 Å². The molecule has 2 heterocycles. The number of imide groups is 1. The lowest BCUT2D eigenvalue weighted by atomic mass is 10.0. The molecular weight excluding hydrogens is 408 g/mol. The zero-order chi connectivity index (χ0) is 22.3. The van der Waals surface area contributed by atoms with Gasteiger partial charge in [0.2, 0.25) is 0 Å². The van der Waals surface area contributed by atoms with E-state index in [9.17, 15) is 18.0 Å². The van der Waals surface area contributed by atoms with Crippen molar-refractivity contribution in [2.45, 2.75) is 37.7 Å². The number of hydrogen-bond acceptors (Lipinski definition) is 7. The van der Waals surface area contributed by atoms with E-state index in [0.717, 1.165) is 11.2 Å². The van der Waals surface area contributed by atoms with E-state index in [2.05, 4.69) is 4.98 Å². The number of amides is 2. The molecule has 0 radical (unpaired) electrons. The Bertz CT molecular complexity index is 1120. The SMILES string of the molecule is COc1cccc(-c2cc(S(C)(=O)=O)c3c(n2)CCN(C(=O)OC(C)(C)C)C3=O)c1. The standard InChI is InChI=1S/C21H24N2O6S/c1-21(2,3)29-20(25)23-10-9-15-18(19(23)24)17(30(5,26)27)12-16(22-15)13-7-6-8-14(11-13)28-4/h6-8,11-12H,9-10H2,1-5H3. The van der Waals surface area contributed by atoms with E-state index >= 15 is 0 Å². The number of rotatable bonds is 3. The molecule has 1 aliphatic rings. The summed E-state index contributed by atoms with van der Waals surface area (Å²) in [5.74, 6) is -0.129. The molecule has 3 rings (SSSR count). The Hall–Kier alpha value is -2.94. The third-order valence-corrected chi connectivity index (χ3v) is 5.59. The lowest BCUT2D eigenvalue weighted by molar-refractivity contribution is 0.0231. The molecule has 1 aliphatic heterocycles. The number of aromatic nitrogens is 1. The maximum atomic E-state index is 13.1. The zero-order valence-corrected chi connectivity index (χ0v) is 18.4. The first kappa shape index (κ1) is 21.8. The third kappa shape index (κ3) is 4.46. The average molecular weight is 432 g/mol. The van der Waals surface area contributed by atoms with Crippen LogP contribution in [0.5, 0.6) is 5.75 Å². The largest absolute Gasteiger partial charge is 0.497 e. The normalized spacial score (nSPS) is 14.3. The molecule has 2 aromatic rings. The van der Waals surface area contributed by atoms with Gasteiger partial charge in [0.25, 0.3) is 5.91 Å². The second-order valence-corrected chi connectivity index (χ2v) is 10.0. The van der Waals surface area contributed by atoms with Crippen LogP contribution in [0.1, 0.15) is 36.8 Å². The lowest BCUT2D eigenvalue weighted by Crippen LogP contribution is -2.45. The Balaban J connectivity index is 2.12. The Morgan fingerprint density at radius 3 is 2.50 bits per heavy atom. The molecule has 160 valence electrons. The highest BCUT2D eigenvalue weighted by Gasteiger charge is 2.37. The number of nitrogens with zero attached hydrogens (tertiary/aromatic N) is 2. The summed E-state index contributed by atoms with van der Waals surface area (Å²) in [6.07, 6.45) is 0.438. The molecule has 0 atom stereocenters. The summed E-state index contributed by atoms with van der Waals surface area (Å²) in [5, 5.41) is 0. The molecule has 30 heavy (non-hydrogen) atoms. The van der Waals surface area contributed by atoms with Gasteiger partial charge in [0.15, 0.2) is 9.84 Å². The van der Waals surface area contributed by atoms with Crippen LogP contribution in [-0.4, -0.2) is 55.8 Å². The Morgan fingerprint density at radius 1 is 1.20 bits per heavy atom. The van der Waals surface area contributed by atoms with Crippen molar-refractivity contribution < 1.29 is 27.5 Å². The van der Waals surface area contributed by atoms with Gasteiger partial charge < -0.3 is 9.47 Å². The molecule has 0 fully saturated rings. The summed E-state index contributed by atoms with van der Waals surface area (Å²) in [5.41, 5.74) is 0.531. The summed E-state index contributed by atoms with van der Waals surface area (Å²) in [6.45, 7) is 5.13. The van der Waals surface area contributed by atoms with Crippen LogP contribution >= 0.6 is 0 Å². The molecule has 0 aliphatic carbocycles. The fourth-order valence-corrected chi connectivity index (χ4v) is 4.05. The van der Waals surface area contributed by atoms with E-state index in [1.165, 1.54) is 13.2 Å². The number of carbonyl (C=O) groups excluding carboxylic acids is 2. The predicted molar refractivity (Wildman–Crippen MR) is 110 cm³/mol. The van der Waals surface area contributed by atoms with Crippen molar-refractivity contribution in [3.8, 4) is 17.0 Å². The van der Waals surface area contributed by atoms with E-state index in [4.69, 9.17) is 9.47 Å². The molecule has 0 unspecified atom stereocenters. The van der Waals surface area contributed by atoms with E-state index < -0.39 is 27.4 Å². The van der Waals surface area contributed by atoms with Gasteiger partial charge in [0.05, 0.1) is 29.0 Å². The third-order valence-electron chi connectivity index (χ3n) is 4.47. The average Bonchev–Trinajstić information content (AvgIpc) is 2.65. The fraction of sp³-hybridized carbons (Fsp3) is 0.381. The zero-order valence-electron chi connectivity index (χ0n) is 17.6. The number of hydrogen-bond donors (Lipinski definition) is 0. The summed E-state index contributed by atoms with van der Waals surface area (Å²) >= 11 is 0. The van der Waals surface area contributed by atoms with Crippen molar-refractivity contribution in [2.75, 3.05) is 19.9 Å². The summed E-state index contributed by atoms with van der Waals surface area (Å²) in [4.78, 5) is 30.8. The first-order chi connectivity index (χ1) is 13.9. The first-order valence-electron chi connectivity index (χ1n) is 9.34. The van der Waals surface area contributed by atoms with Gasteiger partial charge in [-0.25, -0.2) is 18.1 Å². The van der Waals surface area contributed by atoms with Crippen LogP contribution in [0.2, 0.25) is 0 Å². The molecule has 0 saturated carbocycles. The van der Waals surface area contributed by atoms with Crippen molar-refractivity contribution in [3.05, 3.63) is 41.6 Å². The molecule has 8 nitrogen and oxygen atoms in total. The van der Waals surface area contributed by atoms with Crippen LogP contribution < -0.4 is 4.74 Å². The minimum atomic E-state index is -3.78. The summed E-state index contributed by atoms with van der Waals surface area (Å²) in [7, 11) is -2.25. The van der Waals surface area contributed by atoms with Crippen molar-refractivity contribution >= 4 is 21.8 Å². The fourth-order valence-electron chi connectivity index (χ4n) is 3.15. The van der Waals surface area contributed by atoms with Crippen molar-refractivity contribution in [1.29, 1.82) is 0 Å². The molecule has 9 heteroatoms. The molecule has 1 aromatic carbocycles. The number of fused-ring (bicyclic) bond motifs is 1. The van der Waals surface area contributed by atoms with Gasteiger partial charge in [-0.05, 0) is 39.0 Å². The number of methoxy groups -OCH3 is 1. The van der Waals surface area contributed by atoms with E-state index in [-0.39, 0.29) is 23.4 Å². The smallest absolute Gasteiger partial charge is 0.417 e. The van der Waals surface area contributed by atoms with Crippen LogP contribution in [0.25, 0.3) is 11.3 Å². The van der Waals surface area contributed by atoms with Gasteiger partial charge in [0.1, 0.15) is 11.4 Å². The Kier molecular flexibility index (Phi) is 5.60. The van der Waals surface area contributed by atoms with Crippen LogP contribution in [0, 0.1) is 0 Å². The maximum absolute atomic E-state index is 13.1. The summed E-state index contributed by atoms with van der Waals surface area (Å²) in [6, 6.07) is 8.41. The van der Waals surface area contributed by atoms with Crippen LogP contribution in [0.4, 0.5) is 4.79 Å². The van der Waals surface area contributed by atoms with Crippen molar-refractivity contribution in [2.24, 2.45) is 0 Å². The summed E-state index contributed by atoms with van der Waals surface area (Å²) < 4.78 is 35.6. The first-order valence-corrected chi connectivity index (χ1v) is 11.2. The Labute approximate surface area is 175 Å². The molecule has 0 bridgehead atoms. The minimum absolute atomic E-state index is 0.0541. The monoisotopic (exact) mass is 432 g/mol. The number of sulfone groups is 1. The molecule has 2 amide bonds. The molecular formula is C21H24N2O6S. The lowest BCUT2D eigenvalue weighted by Gasteiger charge is -2.30. The molecule has 1 aromatic heterocycles. The second kappa shape index (κ2) is 7.71. The molecule has 0 N–H and O–H groups in total. The van der Waals surface area contributed by atoms with Crippen LogP contribution in [-0.2, 0) is 21.0 Å². The predicted octanol–water partition coefficient (Wildman–Crippen LogP) is 3.09. The highest BCUT2D eigenvalue weighted by atomic mass is 32.2. The van der Waals surface area contributed by atoms with Gasteiger partial charge in [0, 0.05) is 24.8 Å². The number of benzene rings is 1.